The number of nitrogens with one attached hydrogen (secondary N) is 1. The number of amidine groups is 1. The summed E-state index contributed by atoms with van der Waals surface area (Å²) in [4.78, 5) is 25.2. The lowest BCUT2D eigenvalue weighted by molar-refractivity contribution is 0.142. The fourth-order valence-corrected chi connectivity index (χ4v) is 4.22. The molecule has 0 radical (unpaired) electrons. The molecule has 1 aliphatic heterocycles. The van der Waals surface area contributed by atoms with E-state index in [0.29, 0.717) is 6.61 Å². The van der Waals surface area contributed by atoms with Gasteiger partial charge in [-0.3, -0.25) is 0 Å². The lowest BCUT2D eigenvalue weighted by Crippen LogP contribution is -2.35. The van der Waals surface area contributed by atoms with Crippen molar-refractivity contribution in [2.24, 2.45) is 4.99 Å². The molecule has 7 heteroatoms. The molecule has 7 nitrogen and oxygen atoms in total. The second kappa shape index (κ2) is 8.18. The molecule has 1 aromatic heterocycles. The first-order valence-electron chi connectivity index (χ1n) is 10.3. The molecule has 31 heavy (non-hydrogen) atoms. The lowest BCUT2D eigenvalue weighted by atomic mass is 9.77. The Labute approximate surface area is 180 Å². The zero-order valence-corrected chi connectivity index (χ0v) is 17.0. The summed E-state index contributed by atoms with van der Waals surface area (Å²) in [5.41, 5.74) is 5.30. The predicted octanol–water partition coefficient (Wildman–Crippen LogP) is 3.68. The second-order valence-corrected chi connectivity index (χ2v) is 7.86. The van der Waals surface area contributed by atoms with Crippen molar-refractivity contribution in [3.63, 3.8) is 0 Å². The minimum atomic E-state index is -0.567. The number of aliphatic imine (C=N–C) groups is 1. The normalized spacial score (nSPS) is 19.3. The van der Waals surface area contributed by atoms with Crippen molar-refractivity contribution in [2.75, 3.05) is 6.61 Å². The quantitative estimate of drug-likeness (QED) is 0.707. The monoisotopic (exact) mass is 414 g/mol. The molecule has 1 spiro atoms. The number of benzene rings is 2. The van der Waals surface area contributed by atoms with Crippen molar-refractivity contribution in [3.8, 4) is 11.1 Å². The van der Waals surface area contributed by atoms with Gasteiger partial charge in [-0.1, -0.05) is 48.5 Å². The van der Waals surface area contributed by atoms with Gasteiger partial charge < -0.3 is 9.47 Å². The zero-order valence-electron chi connectivity index (χ0n) is 17.0. The third-order valence-corrected chi connectivity index (χ3v) is 5.74. The van der Waals surface area contributed by atoms with Crippen LogP contribution in [-0.4, -0.2) is 34.2 Å². The summed E-state index contributed by atoms with van der Waals surface area (Å²) in [5.74, 6) is 0. The van der Waals surface area contributed by atoms with E-state index in [4.69, 9.17) is 14.5 Å². The van der Waals surface area contributed by atoms with Gasteiger partial charge in [0.25, 0.3) is 6.02 Å². The number of rotatable bonds is 3. The van der Waals surface area contributed by atoms with Gasteiger partial charge in [-0.2, -0.15) is 0 Å². The molecule has 5 rings (SSSR count). The first kappa shape index (κ1) is 19.2. The standard InChI is InChI=1S/C24H22N4O3/c29-23(30-14-17-5-2-1-3-6-17)27-22-28-24(15-31-22)10-9-21-18(11-24)7-4-8-20(21)19-12-25-16-26-13-19/h1-8,12-13,16H,9-11,14-15H2,(H,27,28,29). The number of aromatic nitrogens is 2. The maximum atomic E-state index is 12.1. The van der Waals surface area contributed by atoms with Crippen LogP contribution in [0, 0.1) is 0 Å². The predicted molar refractivity (Wildman–Crippen MR) is 115 cm³/mol. The molecule has 2 aromatic carbocycles. The molecule has 0 saturated carbocycles. The average molecular weight is 414 g/mol. The van der Waals surface area contributed by atoms with Gasteiger partial charge in [-0.15, -0.1) is 0 Å². The fraction of sp³-hybridized carbons (Fsp3) is 0.250. The van der Waals surface area contributed by atoms with Crippen LogP contribution in [0.3, 0.4) is 0 Å². The van der Waals surface area contributed by atoms with Crippen LogP contribution in [0.15, 0.2) is 72.2 Å². The minimum absolute atomic E-state index is 0.199. The van der Waals surface area contributed by atoms with Crippen LogP contribution in [0.4, 0.5) is 4.79 Å². The Morgan fingerprint density at radius 3 is 2.77 bits per heavy atom. The van der Waals surface area contributed by atoms with Crippen LogP contribution in [-0.2, 0) is 28.9 Å². The molecule has 3 aromatic rings. The molecular formula is C24H22N4O3. The summed E-state index contributed by atoms with van der Waals surface area (Å²) in [7, 11) is 0. The maximum absolute atomic E-state index is 12.1. The highest BCUT2D eigenvalue weighted by molar-refractivity contribution is 5.91. The molecule has 1 amide bonds. The number of amides is 1. The van der Waals surface area contributed by atoms with Gasteiger partial charge in [-0.25, -0.2) is 25.1 Å². The minimum Gasteiger partial charge on any atom is -0.462 e. The molecule has 1 N–H and O–H groups in total. The van der Waals surface area contributed by atoms with Gasteiger partial charge in [0.05, 0.1) is 0 Å². The van der Waals surface area contributed by atoms with E-state index in [1.165, 1.54) is 23.0 Å². The topological polar surface area (TPSA) is 85.7 Å². The first-order valence-corrected chi connectivity index (χ1v) is 10.3. The largest absolute Gasteiger partial charge is 0.462 e. The Balaban J connectivity index is 1.27. The first-order chi connectivity index (χ1) is 15.2. The van der Waals surface area contributed by atoms with Crippen LogP contribution in [0.1, 0.15) is 23.1 Å². The molecule has 1 unspecified atom stereocenters. The van der Waals surface area contributed by atoms with E-state index in [1.54, 1.807) is 0 Å². The summed E-state index contributed by atoms with van der Waals surface area (Å²) >= 11 is 0. The van der Waals surface area contributed by atoms with Gasteiger partial charge in [-0.05, 0) is 35.1 Å². The Morgan fingerprint density at radius 1 is 1.10 bits per heavy atom. The van der Waals surface area contributed by atoms with Crippen LogP contribution >= 0.6 is 0 Å². The highest BCUT2D eigenvalue weighted by Gasteiger charge is 2.40. The Morgan fingerprint density at radius 2 is 1.94 bits per heavy atom. The summed E-state index contributed by atoms with van der Waals surface area (Å²) in [6.45, 7) is 0.643. The number of carbonyl (C=O) groups excluding carboxylic acids is 1. The number of nitrogens with zero attached hydrogens (tertiary/aromatic N) is 3. The molecule has 156 valence electrons. The molecule has 1 aliphatic carbocycles. The number of hydrogen-bond donors (Lipinski definition) is 1. The highest BCUT2D eigenvalue weighted by Crippen LogP contribution is 2.38. The molecule has 2 aliphatic rings. The summed E-state index contributed by atoms with van der Waals surface area (Å²) in [6.07, 6.45) is 7.13. The van der Waals surface area contributed by atoms with Crippen molar-refractivity contribution < 1.29 is 14.3 Å². The maximum Gasteiger partial charge on any atom is 0.415 e. The van der Waals surface area contributed by atoms with E-state index >= 15 is 0 Å². The molecular weight excluding hydrogens is 392 g/mol. The smallest absolute Gasteiger partial charge is 0.415 e. The van der Waals surface area contributed by atoms with Crippen molar-refractivity contribution in [1.29, 1.82) is 0 Å². The lowest BCUT2D eigenvalue weighted by Gasteiger charge is -2.31. The van der Waals surface area contributed by atoms with Crippen molar-refractivity contribution in [2.45, 2.75) is 31.4 Å². The Kier molecular flexibility index (Phi) is 5.08. The van der Waals surface area contributed by atoms with Gasteiger partial charge in [0.15, 0.2) is 0 Å². The number of hydrogen-bond acceptors (Lipinski definition) is 6. The van der Waals surface area contributed by atoms with Gasteiger partial charge in [0.2, 0.25) is 0 Å². The molecule has 0 bridgehead atoms. The summed E-state index contributed by atoms with van der Waals surface area (Å²) < 4.78 is 11.0. The van der Waals surface area contributed by atoms with Crippen LogP contribution in [0.25, 0.3) is 11.1 Å². The summed E-state index contributed by atoms with van der Waals surface area (Å²) in [6, 6.07) is 16.1. The van der Waals surface area contributed by atoms with Crippen LogP contribution in [0.5, 0.6) is 0 Å². The van der Waals surface area contributed by atoms with Crippen molar-refractivity contribution >= 4 is 12.1 Å². The number of fused-ring (bicyclic) bond motifs is 1. The van der Waals surface area contributed by atoms with E-state index in [-0.39, 0.29) is 18.2 Å². The Hall–Kier alpha value is -3.74. The van der Waals surface area contributed by atoms with E-state index in [2.05, 4.69) is 33.5 Å². The van der Waals surface area contributed by atoms with Crippen LogP contribution < -0.4 is 5.32 Å². The fourth-order valence-electron chi connectivity index (χ4n) is 4.22. The van der Waals surface area contributed by atoms with Gasteiger partial charge in [0, 0.05) is 24.4 Å². The van der Waals surface area contributed by atoms with Gasteiger partial charge >= 0.3 is 6.09 Å². The van der Waals surface area contributed by atoms with E-state index in [1.807, 2.05) is 42.7 Å². The van der Waals surface area contributed by atoms with E-state index in [0.717, 1.165) is 30.4 Å². The number of alkyl carbamates (subject to hydrolysis) is 1. The SMILES string of the molecule is O=C(NC1=NC2(CCc3c(cccc3-c3cncnc3)C2)CO1)OCc1ccccc1. The summed E-state index contributed by atoms with van der Waals surface area (Å²) in [5, 5.41) is 2.63. The van der Waals surface area contributed by atoms with Crippen LogP contribution in [0.2, 0.25) is 0 Å². The zero-order chi connectivity index (χ0) is 21.1. The number of carbonyl (C=O) groups is 1. The number of ether oxygens (including phenoxy) is 2. The Bertz CT molecular complexity index is 1120. The third kappa shape index (κ3) is 4.12. The van der Waals surface area contributed by atoms with E-state index < -0.39 is 6.09 Å². The van der Waals surface area contributed by atoms with E-state index in [9.17, 15) is 4.79 Å². The molecule has 1 atom stereocenters. The van der Waals surface area contributed by atoms with Gasteiger partial charge in [0.1, 0.15) is 25.1 Å². The highest BCUT2D eigenvalue weighted by atomic mass is 16.6. The molecule has 0 fully saturated rings. The third-order valence-electron chi connectivity index (χ3n) is 5.74. The molecule has 0 saturated heterocycles. The molecule has 2 heterocycles. The second-order valence-electron chi connectivity index (χ2n) is 7.86. The van der Waals surface area contributed by atoms with Crippen molar-refractivity contribution in [1.82, 2.24) is 15.3 Å². The van der Waals surface area contributed by atoms with Crippen molar-refractivity contribution in [3.05, 3.63) is 83.9 Å². The average Bonchev–Trinajstić information content (AvgIpc) is 3.19.